The molecule has 0 N–H and O–H groups in total. The van der Waals surface area contributed by atoms with E-state index in [-0.39, 0.29) is 25.7 Å². The number of non-ortho nitro benzene ring substituents is 1. The number of carbonyl (C=O) groups excluding carboxylic acids is 1. The Morgan fingerprint density at radius 2 is 2.07 bits per heavy atom. The molecule has 1 heterocycles. The molecule has 1 aliphatic heterocycles. The van der Waals surface area contributed by atoms with Crippen LogP contribution in [-0.2, 0) is 27.5 Å². The summed E-state index contributed by atoms with van der Waals surface area (Å²) in [6.07, 6.45) is 2.78. The van der Waals surface area contributed by atoms with Gasteiger partial charge in [-0.25, -0.2) is 4.79 Å². The molecule has 0 radical (unpaired) electrons. The number of carbonyl (C=O) groups is 1. The van der Waals surface area contributed by atoms with E-state index in [0.717, 1.165) is 0 Å². The van der Waals surface area contributed by atoms with E-state index in [1.165, 1.54) is 38.5 Å². The average molecular weight is 401 g/mol. The van der Waals surface area contributed by atoms with E-state index in [9.17, 15) is 14.9 Å². The third-order valence-corrected chi connectivity index (χ3v) is 4.19. The van der Waals surface area contributed by atoms with Crippen molar-refractivity contribution in [3.8, 4) is 17.2 Å². The quantitative estimate of drug-likeness (QED) is 0.301. The maximum absolute atomic E-state index is 12.2. The minimum atomic E-state index is -0.623. The van der Waals surface area contributed by atoms with Crippen LogP contribution in [-0.4, -0.2) is 31.9 Å². The number of fused-ring (bicyclic) bond motifs is 1. The molecule has 0 unspecified atom stereocenters. The topological polar surface area (TPSA) is 106 Å². The third-order valence-electron chi connectivity index (χ3n) is 4.19. The minimum Gasteiger partial charge on any atom is -0.497 e. The fourth-order valence-corrected chi connectivity index (χ4v) is 2.82. The van der Waals surface area contributed by atoms with Gasteiger partial charge in [0.2, 0.25) is 0 Å². The first-order valence-corrected chi connectivity index (χ1v) is 8.59. The highest BCUT2D eigenvalue weighted by Crippen LogP contribution is 2.33. The van der Waals surface area contributed by atoms with E-state index >= 15 is 0 Å². The van der Waals surface area contributed by atoms with Gasteiger partial charge in [-0.1, -0.05) is 0 Å². The minimum absolute atomic E-state index is 0.0291. The average Bonchev–Trinajstić information content (AvgIpc) is 2.75. The Balaban J connectivity index is 1.74. The lowest BCUT2D eigenvalue weighted by molar-refractivity contribution is -0.385. The molecular formula is C20H19NO8. The fourth-order valence-electron chi connectivity index (χ4n) is 2.82. The van der Waals surface area contributed by atoms with E-state index in [0.29, 0.717) is 33.9 Å². The van der Waals surface area contributed by atoms with Crippen LogP contribution in [0.2, 0.25) is 0 Å². The predicted molar refractivity (Wildman–Crippen MR) is 102 cm³/mol. The maximum Gasteiger partial charge on any atom is 0.331 e. The van der Waals surface area contributed by atoms with E-state index < -0.39 is 10.9 Å². The Morgan fingerprint density at radius 1 is 1.24 bits per heavy atom. The summed E-state index contributed by atoms with van der Waals surface area (Å²) in [4.78, 5) is 22.8. The van der Waals surface area contributed by atoms with Crippen LogP contribution in [0.15, 0.2) is 36.4 Å². The molecule has 9 heteroatoms. The second kappa shape index (κ2) is 9.07. The van der Waals surface area contributed by atoms with E-state index in [1.54, 1.807) is 18.2 Å². The molecule has 0 aromatic heterocycles. The normalized spacial score (nSPS) is 12.8. The molecule has 9 nitrogen and oxygen atoms in total. The number of esters is 1. The van der Waals surface area contributed by atoms with Crippen LogP contribution < -0.4 is 14.2 Å². The summed E-state index contributed by atoms with van der Waals surface area (Å²) >= 11 is 0. The van der Waals surface area contributed by atoms with Crippen LogP contribution >= 0.6 is 0 Å². The molecule has 0 amide bonds. The van der Waals surface area contributed by atoms with Crippen molar-refractivity contribution in [3.05, 3.63) is 63.2 Å². The highest BCUT2D eigenvalue weighted by Gasteiger charge is 2.21. The summed E-state index contributed by atoms with van der Waals surface area (Å²) in [5.74, 6) is 0.993. The molecule has 1 aliphatic rings. The number of hydrogen-bond donors (Lipinski definition) is 0. The van der Waals surface area contributed by atoms with Crippen LogP contribution in [0.5, 0.6) is 17.2 Å². The lowest BCUT2D eigenvalue weighted by Gasteiger charge is -2.20. The van der Waals surface area contributed by atoms with E-state index in [4.69, 9.17) is 23.7 Å². The Labute approximate surface area is 166 Å². The predicted octanol–water partition coefficient (Wildman–Crippen LogP) is 3.24. The van der Waals surface area contributed by atoms with Gasteiger partial charge in [0.15, 0.2) is 6.79 Å². The molecule has 152 valence electrons. The largest absolute Gasteiger partial charge is 0.497 e. The summed E-state index contributed by atoms with van der Waals surface area (Å²) in [5.41, 5.74) is 1.45. The van der Waals surface area contributed by atoms with Crippen molar-refractivity contribution < 1.29 is 33.4 Å². The Hall–Kier alpha value is -3.59. The van der Waals surface area contributed by atoms with Crippen molar-refractivity contribution in [2.45, 2.75) is 13.2 Å². The van der Waals surface area contributed by atoms with Gasteiger partial charge in [-0.2, -0.15) is 0 Å². The van der Waals surface area contributed by atoms with Gasteiger partial charge < -0.3 is 23.7 Å². The number of nitro benzene ring substituents is 1. The standard InChI is InChI=1S/C20H19NO8/c1-25-17-4-5-18(26-2)13(9-17)3-6-19(22)28-11-15-8-16(21(23)24)7-14-10-27-12-29-20(14)15/h3-9H,10-12H2,1-2H3/b6-3+. The lowest BCUT2D eigenvalue weighted by atomic mass is 10.1. The number of rotatable bonds is 7. The lowest BCUT2D eigenvalue weighted by Crippen LogP contribution is -2.14. The van der Waals surface area contributed by atoms with Gasteiger partial charge in [0.25, 0.3) is 5.69 Å². The molecule has 0 atom stereocenters. The molecule has 0 saturated carbocycles. The van der Waals surface area contributed by atoms with Crippen molar-refractivity contribution >= 4 is 17.7 Å². The van der Waals surface area contributed by atoms with Crippen molar-refractivity contribution in [1.29, 1.82) is 0 Å². The first kappa shape index (κ1) is 20.2. The van der Waals surface area contributed by atoms with Crippen LogP contribution in [0.25, 0.3) is 6.08 Å². The van der Waals surface area contributed by atoms with Gasteiger partial charge in [0, 0.05) is 34.9 Å². The monoisotopic (exact) mass is 401 g/mol. The molecule has 0 bridgehead atoms. The van der Waals surface area contributed by atoms with Gasteiger partial charge in [0.1, 0.15) is 23.9 Å². The molecule has 0 saturated heterocycles. The van der Waals surface area contributed by atoms with Gasteiger partial charge in [0.05, 0.1) is 25.7 Å². The number of methoxy groups -OCH3 is 2. The van der Waals surface area contributed by atoms with Crippen LogP contribution in [0, 0.1) is 10.1 Å². The maximum atomic E-state index is 12.2. The zero-order chi connectivity index (χ0) is 20.8. The van der Waals surface area contributed by atoms with Crippen LogP contribution in [0.4, 0.5) is 5.69 Å². The molecule has 29 heavy (non-hydrogen) atoms. The third kappa shape index (κ3) is 4.82. The zero-order valence-electron chi connectivity index (χ0n) is 15.9. The molecule has 2 aromatic rings. The highest BCUT2D eigenvalue weighted by molar-refractivity contribution is 5.87. The smallest absolute Gasteiger partial charge is 0.331 e. The Morgan fingerprint density at radius 3 is 2.79 bits per heavy atom. The Kier molecular flexibility index (Phi) is 6.30. The first-order valence-electron chi connectivity index (χ1n) is 8.59. The summed E-state index contributed by atoms with van der Waals surface area (Å²) in [6, 6.07) is 7.89. The number of hydrogen-bond acceptors (Lipinski definition) is 8. The van der Waals surface area contributed by atoms with Crippen molar-refractivity contribution in [2.75, 3.05) is 21.0 Å². The molecule has 0 spiro atoms. The molecule has 3 rings (SSSR count). The zero-order valence-corrected chi connectivity index (χ0v) is 15.9. The van der Waals surface area contributed by atoms with E-state index in [1.807, 2.05) is 0 Å². The first-order chi connectivity index (χ1) is 14.0. The SMILES string of the molecule is COc1ccc(OC)c(/C=C/C(=O)OCc2cc([N+](=O)[O-])cc3c2OCOC3)c1. The number of benzene rings is 2. The summed E-state index contributed by atoms with van der Waals surface area (Å²) < 4.78 is 26.2. The number of ether oxygens (including phenoxy) is 5. The van der Waals surface area contributed by atoms with Crippen molar-refractivity contribution in [1.82, 2.24) is 0 Å². The number of nitrogens with zero attached hydrogens (tertiary/aromatic N) is 1. The molecular weight excluding hydrogens is 382 g/mol. The molecule has 2 aromatic carbocycles. The fraction of sp³-hybridized carbons (Fsp3) is 0.250. The second-order valence-electron chi connectivity index (χ2n) is 6.01. The van der Waals surface area contributed by atoms with Gasteiger partial charge in [-0.05, 0) is 24.3 Å². The van der Waals surface area contributed by atoms with Gasteiger partial charge in [-0.15, -0.1) is 0 Å². The second-order valence-corrected chi connectivity index (χ2v) is 6.01. The van der Waals surface area contributed by atoms with Crippen LogP contribution in [0.1, 0.15) is 16.7 Å². The van der Waals surface area contributed by atoms with Crippen molar-refractivity contribution in [2.24, 2.45) is 0 Å². The molecule has 0 aliphatic carbocycles. The van der Waals surface area contributed by atoms with Gasteiger partial charge in [-0.3, -0.25) is 10.1 Å². The Bertz CT molecular complexity index is 954. The summed E-state index contributed by atoms with van der Waals surface area (Å²) in [7, 11) is 3.06. The van der Waals surface area contributed by atoms with Crippen LogP contribution in [0.3, 0.4) is 0 Å². The van der Waals surface area contributed by atoms with E-state index in [2.05, 4.69) is 0 Å². The summed E-state index contributed by atoms with van der Waals surface area (Å²) in [5, 5.41) is 11.1. The summed E-state index contributed by atoms with van der Waals surface area (Å²) in [6.45, 7) is 0.0389. The van der Waals surface area contributed by atoms with Crippen molar-refractivity contribution in [3.63, 3.8) is 0 Å². The van der Waals surface area contributed by atoms with Gasteiger partial charge >= 0.3 is 5.97 Å². The highest BCUT2D eigenvalue weighted by atomic mass is 16.7. The molecule has 0 fully saturated rings. The number of nitro groups is 1.